The van der Waals surface area contributed by atoms with Crippen LogP contribution in [0.5, 0.6) is 0 Å². The van der Waals surface area contributed by atoms with E-state index >= 15 is 0 Å². The summed E-state index contributed by atoms with van der Waals surface area (Å²) >= 11 is 0. The molecule has 0 aromatic heterocycles. The van der Waals surface area contributed by atoms with Gasteiger partial charge in [0, 0.05) is 129 Å². The van der Waals surface area contributed by atoms with Crippen molar-refractivity contribution in [2.45, 2.75) is 335 Å². The molecule has 18 N–H and O–H groups in total. The molecule has 3 rings (SSSR count). The van der Waals surface area contributed by atoms with Crippen LogP contribution in [-0.4, -0.2) is 336 Å². The highest BCUT2D eigenvalue weighted by molar-refractivity contribution is 7.59. The Balaban J connectivity index is 1.54. The van der Waals surface area contributed by atoms with E-state index in [-0.39, 0.29) is 196 Å². The van der Waals surface area contributed by atoms with E-state index in [0.29, 0.717) is 90.1 Å². The van der Waals surface area contributed by atoms with Crippen molar-refractivity contribution < 1.29 is 151 Å². The van der Waals surface area contributed by atoms with Gasteiger partial charge in [-0.1, -0.05) is 78.6 Å². The van der Waals surface area contributed by atoms with Crippen molar-refractivity contribution in [2.24, 2.45) is 0 Å². The minimum Gasteiger partial charge on any atom is -0.394 e. The van der Waals surface area contributed by atoms with Gasteiger partial charge in [-0.2, -0.15) is 0 Å². The molecule has 6 amide bonds. The monoisotopic (exact) mass is 1720 g/mol. The van der Waals surface area contributed by atoms with Crippen LogP contribution in [0.15, 0.2) is 0 Å². The number of Topliss-reactive ketones (excluding diaryl/α,β-unsaturated/α-hetero) is 2. The van der Waals surface area contributed by atoms with Gasteiger partial charge in [0.2, 0.25) is 42.8 Å². The molecule has 688 valence electrons. The SMILES string of the molecule is CC(C)(C)P(C)(=O)OCCCCCCCC(=O)CCCCCCCCCCC(=O)NC(COCCC(=O)NCCCCC(=O)CCCCO[C@H]1OC(CO)[C@@H](O)[C@H](O)C1O)(COCCC(=O)NCCCNC(=O)CCCCO[C@H]1OC(CO)[C@@H](O)C(O)[C@H]1O)COCCC(=O)NCCCNC(=O)CCCCO[C@H]1OC(CO)[C@@H](O)C(O)[C@H]1O. The van der Waals surface area contributed by atoms with Crippen LogP contribution in [0, 0.1) is 0 Å². The maximum absolute atomic E-state index is 14.0. The average molecular weight is 1720 g/mol. The molecule has 3 fully saturated rings. The average Bonchev–Trinajstić information content (AvgIpc) is 0.816. The highest BCUT2D eigenvalue weighted by Crippen LogP contribution is 2.55. The summed E-state index contributed by atoms with van der Waals surface area (Å²) in [6, 6.07) is 0. The molecule has 16 atom stereocenters. The van der Waals surface area contributed by atoms with Crippen molar-refractivity contribution in [3.8, 4) is 0 Å². The van der Waals surface area contributed by atoms with Crippen LogP contribution in [0.4, 0.5) is 0 Å². The second-order valence-electron chi connectivity index (χ2n) is 32.0. The number of ether oxygens (including phenoxy) is 9. The van der Waals surface area contributed by atoms with E-state index in [0.717, 1.165) is 77.0 Å². The topological polar surface area (TPSA) is 561 Å². The first kappa shape index (κ1) is 108. The Morgan fingerprint density at radius 2 is 0.576 bits per heavy atom. The van der Waals surface area contributed by atoms with Crippen LogP contribution in [0.1, 0.15) is 233 Å². The molecule has 38 heteroatoms. The summed E-state index contributed by atoms with van der Waals surface area (Å²) in [6.45, 7) is 6.63. The Hall–Kier alpha value is -4.49. The van der Waals surface area contributed by atoms with Crippen molar-refractivity contribution in [3.05, 3.63) is 0 Å². The summed E-state index contributed by atoms with van der Waals surface area (Å²) in [5.74, 6) is -1.60. The summed E-state index contributed by atoms with van der Waals surface area (Å²) in [5, 5.41) is 136. The normalized spacial score (nSPS) is 24.5. The summed E-state index contributed by atoms with van der Waals surface area (Å²) in [6.07, 6.45) is -3.24. The van der Waals surface area contributed by atoms with E-state index < -0.39 is 125 Å². The molecule has 3 aliphatic rings. The van der Waals surface area contributed by atoms with Gasteiger partial charge in [0.15, 0.2) is 18.9 Å². The molecule has 3 heterocycles. The Kier molecular flexibility index (Phi) is 57.1. The highest BCUT2D eigenvalue weighted by Gasteiger charge is 2.47. The number of amides is 6. The standard InChI is InChI=1S/C80H147N6O31P/c1-79(2,3)118(4,107)114-46-22-13-9-11-15-29-56(90)28-14-10-7-5-6-8-12-16-34-66(97)86-80(53-108-47-35-63(94)81-38-21-17-30-57(91)31-18-23-43-111-76-73(104)70(101)67(98)58(50-87)115-76,54-109-48-36-64(95)84-41-26-39-82-61(92)32-19-24-44-112-77-74(105)71(102)68(99)59(51-88)116-77)55-110-49-37-65(96)85-42-27-40-83-62(93)33-20-25-45-113-78-75(106)72(103)69(100)60(52-89)117-78/h58-60,67-78,87-89,98-106H,5-55H2,1-4H3,(H,81,94)(H,82,92)(H,83,93)(H,84,95)(H,85,96)(H,86,97)/t58?,59?,60?,67-,68-,69-,70+,71?,72?,73?,74-,75-,76+,77+,78+,80?,118?/m1/s1. The van der Waals surface area contributed by atoms with Crippen LogP contribution < -0.4 is 31.9 Å². The molecular weight excluding hydrogens is 1570 g/mol. The quantitative estimate of drug-likeness (QED) is 0.0294. The number of carbonyl (C=O) groups is 8. The van der Waals surface area contributed by atoms with Crippen LogP contribution in [0.3, 0.4) is 0 Å². The van der Waals surface area contributed by atoms with E-state index in [2.05, 4.69) is 31.9 Å². The third-order valence-corrected chi connectivity index (χ3v) is 23.9. The highest BCUT2D eigenvalue weighted by atomic mass is 31.2. The molecule has 0 aromatic carbocycles. The lowest BCUT2D eigenvalue weighted by molar-refractivity contribution is -0.301. The lowest BCUT2D eigenvalue weighted by atomic mass is 9.99. The van der Waals surface area contributed by atoms with Gasteiger partial charge in [0.05, 0.1) is 66.1 Å². The summed E-state index contributed by atoms with van der Waals surface area (Å²) in [7, 11) is -2.67. The van der Waals surface area contributed by atoms with Crippen LogP contribution >= 0.6 is 7.37 Å². The van der Waals surface area contributed by atoms with Crippen LogP contribution in [-0.2, 0) is 90.1 Å². The zero-order valence-electron chi connectivity index (χ0n) is 70.3. The van der Waals surface area contributed by atoms with Crippen molar-refractivity contribution in [2.75, 3.05) is 125 Å². The Morgan fingerprint density at radius 3 is 0.907 bits per heavy atom. The van der Waals surface area contributed by atoms with Gasteiger partial charge >= 0.3 is 0 Å². The van der Waals surface area contributed by atoms with E-state index in [4.69, 9.17) is 47.2 Å². The van der Waals surface area contributed by atoms with Gasteiger partial charge in [-0.25, -0.2) is 0 Å². The molecule has 7 unspecified atom stereocenters. The summed E-state index contributed by atoms with van der Waals surface area (Å²) in [5.41, 5.74) is -1.40. The van der Waals surface area contributed by atoms with Gasteiger partial charge in [-0.05, 0) is 89.9 Å². The molecule has 0 radical (unpaired) electrons. The fourth-order valence-corrected chi connectivity index (χ4v) is 13.7. The van der Waals surface area contributed by atoms with E-state index in [1.807, 2.05) is 20.8 Å². The molecule has 37 nitrogen and oxygen atoms in total. The molecule has 3 aliphatic heterocycles. The van der Waals surface area contributed by atoms with Gasteiger partial charge in [0.1, 0.15) is 90.4 Å². The Morgan fingerprint density at radius 1 is 0.314 bits per heavy atom. The number of hydrogen-bond donors (Lipinski definition) is 18. The van der Waals surface area contributed by atoms with Gasteiger partial charge in [0.25, 0.3) is 0 Å². The van der Waals surface area contributed by atoms with Crippen LogP contribution in [0.2, 0.25) is 0 Å². The number of aliphatic hydroxyl groups is 12. The van der Waals surface area contributed by atoms with Crippen LogP contribution in [0.25, 0.3) is 0 Å². The van der Waals surface area contributed by atoms with E-state index in [9.17, 15) is 104 Å². The summed E-state index contributed by atoms with van der Waals surface area (Å²) in [4.78, 5) is 104. The van der Waals surface area contributed by atoms with Crippen molar-refractivity contribution in [3.63, 3.8) is 0 Å². The number of rotatable bonds is 70. The molecule has 0 saturated carbocycles. The fourth-order valence-electron chi connectivity index (χ4n) is 12.8. The first-order valence-electron chi connectivity index (χ1n) is 42.8. The second-order valence-corrected chi connectivity index (χ2v) is 35.3. The maximum atomic E-state index is 14.0. The molecule has 0 aliphatic carbocycles. The predicted molar refractivity (Wildman–Crippen MR) is 429 cm³/mol. The largest absolute Gasteiger partial charge is 0.394 e. The minimum atomic E-state index is -2.67. The van der Waals surface area contributed by atoms with E-state index in [1.54, 1.807) is 6.66 Å². The number of ketones is 2. The van der Waals surface area contributed by atoms with Gasteiger partial charge < -0.3 is 140 Å². The van der Waals surface area contributed by atoms with Gasteiger partial charge in [-0.15, -0.1) is 0 Å². The molecule has 0 bridgehead atoms. The number of carbonyl (C=O) groups excluding carboxylic acids is 8. The third kappa shape index (κ3) is 45.8. The number of unbranched alkanes of at least 4 members (excludes halogenated alkanes) is 15. The van der Waals surface area contributed by atoms with Crippen molar-refractivity contribution in [1.82, 2.24) is 31.9 Å². The number of aliphatic hydroxyl groups excluding tert-OH is 12. The Bertz CT molecular complexity index is 2600. The van der Waals surface area contributed by atoms with Gasteiger partial charge in [-0.3, -0.25) is 42.9 Å². The molecule has 3 saturated heterocycles. The molecule has 118 heavy (non-hydrogen) atoms. The predicted octanol–water partition coefficient (Wildman–Crippen LogP) is 0.656. The zero-order valence-corrected chi connectivity index (χ0v) is 71.2. The summed E-state index contributed by atoms with van der Waals surface area (Å²) < 4.78 is 69.3. The van der Waals surface area contributed by atoms with Crippen molar-refractivity contribution >= 4 is 54.4 Å². The Labute approximate surface area is 695 Å². The lowest BCUT2D eigenvalue weighted by Gasteiger charge is -2.39. The first-order valence-corrected chi connectivity index (χ1v) is 44.9. The zero-order chi connectivity index (χ0) is 87.2. The number of hydrogen-bond acceptors (Lipinski definition) is 31. The molecule has 0 aromatic rings. The third-order valence-electron chi connectivity index (χ3n) is 20.8. The smallest absolute Gasteiger partial charge is 0.222 e. The van der Waals surface area contributed by atoms with E-state index in [1.165, 1.54) is 0 Å². The van der Waals surface area contributed by atoms with Crippen molar-refractivity contribution in [1.29, 1.82) is 0 Å². The first-order chi connectivity index (χ1) is 56.4. The molecular formula is C80H147N6O31P. The maximum Gasteiger partial charge on any atom is 0.222 e. The number of nitrogens with one attached hydrogen (secondary N) is 6. The lowest BCUT2D eigenvalue weighted by Crippen LogP contribution is -2.59. The second kappa shape index (κ2) is 62.6. The molecule has 0 spiro atoms. The minimum absolute atomic E-state index is 0.00512. The fraction of sp³-hybridized carbons (Fsp3) is 0.900.